The van der Waals surface area contributed by atoms with Crippen molar-refractivity contribution < 1.29 is 49.0 Å². The molecule has 0 aromatic heterocycles. The van der Waals surface area contributed by atoms with Gasteiger partial charge in [-0.15, -0.1) is 0 Å². The molecule has 0 saturated carbocycles. The summed E-state index contributed by atoms with van der Waals surface area (Å²) in [6.45, 7) is 1.50. The fraction of sp³-hybridized carbons (Fsp3) is 1.00. The summed E-state index contributed by atoms with van der Waals surface area (Å²) < 4.78 is 125. The molecule has 1 atom stereocenters. The highest BCUT2D eigenvalue weighted by atomic mass is 19.4. The van der Waals surface area contributed by atoms with E-state index in [1.165, 1.54) is 0 Å². The fourth-order valence-electron chi connectivity index (χ4n) is 2.82. The van der Waals surface area contributed by atoms with Gasteiger partial charge in [0.05, 0.1) is 6.10 Å². The van der Waals surface area contributed by atoms with E-state index in [2.05, 4.69) is 0 Å². The van der Waals surface area contributed by atoms with E-state index in [4.69, 9.17) is 9.47 Å². The second kappa shape index (κ2) is 10.4. The fourth-order valence-corrected chi connectivity index (χ4v) is 2.82. The lowest BCUT2D eigenvalue weighted by atomic mass is 9.98. The highest BCUT2D eigenvalue weighted by Crippen LogP contribution is 2.54. The Morgan fingerprint density at radius 2 is 1.39 bits per heavy atom. The summed E-state index contributed by atoms with van der Waals surface area (Å²) >= 11 is 0. The Kier molecular flexibility index (Phi) is 9.37. The molecule has 1 aliphatic rings. The van der Waals surface area contributed by atoms with Crippen molar-refractivity contribution in [1.29, 1.82) is 0 Å². The third kappa shape index (κ3) is 6.67. The number of hydrogen-bond donors (Lipinski definition) is 0. The minimum atomic E-state index is -6.81. The zero-order chi connectivity index (χ0) is 21.5. The van der Waals surface area contributed by atoms with E-state index < -0.39 is 36.8 Å². The molecule has 28 heavy (non-hydrogen) atoms. The number of ether oxygens (including phenoxy) is 2. The van der Waals surface area contributed by atoms with Crippen molar-refractivity contribution in [2.24, 2.45) is 0 Å². The van der Waals surface area contributed by atoms with Gasteiger partial charge in [0.2, 0.25) is 0 Å². The first-order chi connectivity index (χ1) is 12.8. The molecule has 168 valence electrons. The standard InChI is InChI=1S/C17H25F9O2/c18-14(19,15(20,21)16(22,23)17(24,25)26)9-4-1-2-5-10-27-12-8-13-7-3-6-11-28-13/h13H,1-12H2. The molecule has 1 fully saturated rings. The van der Waals surface area contributed by atoms with Crippen LogP contribution in [-0.2, 0) is 9.47 Å². The summed E-state index contributed by atoms with van der Waals surface area (Å²) in [7, 11) is 0. The molecule has 0 aliphatic carbocycles. The van der Waals surface area contributed by atoms with Gasteiger partial charge in [-0.2, -0.15) is 39.5 Å². The van der Waals surface area contributed by atoms with Crippen LogP contribution in [-0.4, -0.2) is 49.9 Å². The van der Waals surface area contributed by atoms with Gasteiger partial charge < -0.3 is 9.47 Å². The lowest BCUT2D eigenvalue weighted by Crippen LogP contribution is -2.60. The van der Waals surface area contributed by atoms with Gasteiger partial charge in [-0.1, -0.05) is 12.8 Å². The number of alkyl halides is 9. The van der Waals surface area contributed by atoms with Crippen LogP contribution in [0.3, 0.4) is 0 Å². The molecule has 0 aromatic rings. The zero-order valence-electron chi connectivity index (χ0n) is 15.3. The van der Waals surface area contributed by atoms with E-state index in [-0.39, 0.29) is 12.5 Å². The van der Waals surface area contributed by atoms with Crippen LogP contribution in [0.4, 0.5) is 39.5 Å². The number of hydrogen-bond acceptors (Lipinski definition) is 2. The average Bonchev–Trinajstić information content (AvgIpc) is 2.59. The van der Waals surface area contributed by atoms with Crippen LogP contribution in [0.15, 0.2) is 0 Å². The van der Waals surface area contributed by atoms with Crippen LogP contribution in [0, 0.1) is 0 Å². The largest absolute Gasteiger partial charge is 0.460 e. The van der Waals surface area contributed by atoms with E-state index in [1.54, 1.807) is 0 Å². The molecule has 0 amide bonds. The molecule has 1 rings (SSSR count). The van der Waals surface area contributed by atoms with E-state index in [1.807, 2.05) is 0 Å². The SMILES string of the molecule is FC(F)(F)C(F)(F)C(F)(F)C(F)(F)CCCCCCOCCC1CCCCO1. The summed E-state index contributed by atoms with van der Waals surface area (Å²) in [5.41, 5.74) is 0. The molecule has 0 bridgehead atoms. The summed E-state index contributed by atoms with van der Waals surface area (Å²) in [6.07, 6.45) is -4.41. The topological polar surface area (TPSA) is 18.5 Å². The number of unbranched alkanes of at least 4 members (excludes halogenated alkanes) is 3. The van der Waals surface area contributed by atoms with Crippen molar-refractivity contribution in [1.82, 2.24) is 0 Å². The van der Waals surface area contributed by atoms with Gasteiger partial charge in [-0.3, -0.25) is 0 Å². The number of rotatable bonds is 12. The van der Waals surface area contributed by atoms with Gasteiger partial charge in [0.1, 0.15) is 0 Å². The predicted octanol–water partition coefficient (Wildman–Crippen LogP) is 6.38. The third-order valence-electron chi connectivity index (χ3n) is 4.60. The highest BCUT2D eigenvalue weighted by molar-refractivity contribution is 5.00. The maximum atomic E-state index is 13.3. The highest BCUT2D eigenvalue weighted by Gasteiger charge is 2.81. The van der Waals surface area contributed by atoms with Gasteiger partial charge in [-0.25, -0.2) is 0 Å². The van der Waals surface area contributed by atoms with Crippen LogP contribution in [0.5, 0.6) is 0 Å². The molecule has 2 nitrogen and oxygen atoms in total. The Labute approximate surface area is 157 Å². The van der Waals surface area contributed by atoms with Crippen LogP contribution in [0.1, 0.15) is 57.8 Å². The van der Waals surface area contributed by atoms with Crippen molar-refractivity contribution in [2.75, 3.05) is 19.8 Å². The molecular weight excluding hydrogens is 407 g/mol. The van der Waals surface area contributed by atoms with Crippen LogP contribution in [0.2, 0.25) is 0 Å². The van der Waals surface area contributed by atoms with Crippen LogP contribution < -0.4 is 0 Å². The molecule has 1 aliphatic heterocycles. The first-order valence-corrected chi connectivity index (χ1v) is 9.22. The van der Waals surface area contributed by atoms with E-state index in [0.717, 1.165) is 32.3 Å². The predicted molar refractivity (Wildman–Crippen MR) is 83.0 cm³/mol. The quantitative estimate of drug-likeness (QED) is 0.263. The average molecular weight is 432 g/mol. The lowest BCUT2D eigenvalue weighted by Gasteiger charge is -2.33. The first kappa shape index (κ1) is 25.3. The molecule has 0 spiro atoms. The second-order valence-electron chi connectivity index (χ2n) is 6.90. The Morgan fingerprint density at radius 3 is 1.96 bits per heavy atom. The molecular formula is C17H25F9O2. The zero-order valence-corrected chi connectivity index (χ0v) is 15.3. The van der Waals surface area contributed by atoms with Gasteiger partial charge in [0.15, 0.2) is 0 Å². The molecule has 1 heterocycles. The third-order valence-corrected chi connectivity index (χ3v) is 4.60. The molecule has 0 N–H and O–H groups in total. The molecule has 11 heteroatoms. The molecule has 0 radical (unpaired) electrons. The van der Waals surface area contributed by atoms with Crippen molar-refractivity contribution in [3.8, 4) is 0 Å². The molecule has 0 aromatic carbocycles. The maximum absolute atomic E-state index is 13.3. The summed E-state index contributed by atoms with van der Waals surface area (Å²) in [6, 6.07) is 0. The van der Waals surface area contributed by atoms with Gasteiger partial charge in [-0.05, 0) is 38.5 Å². The maximum Gasteiger partial charge on any atom is 0.460 e. The molecule has 1 saturated heterocycles. The summed E-state index contributed by atoms with van der Waals surface area (Å²) in [5.74, 6) is -18.8. The normalized spacial score (nSPS) is 19.8. The van der Waals surface area contributed by atoms with Crippen LogP contribution >= 0.6 is 0 Å². The summed E-state index contributed by atoms with van der Waals surface area (Å²) in [5, 5.41) is 0. The van der Waals surface area contributed by atoms with Crippen molar-refractivity contribution >= 4 is 0 Å². The van der Waals surface area contributed by atoms with E-state index in [9.17, 15) is 39.5 Å². The van der Waals surface area contributed by atoms with Gasteiger partial charge in [0.25, 0.3) is 0 Å². The molecule has 1 unspecified atom stereocenters. The van der Waals surface area contributed by atoms with Gasteiger partial charge in [0, 0.05) is 26.2 Å². The van der Waals surface area contributed by atoms with Crippen molar-refractivity contribution in [3.63, 3.8) is 0 Å². The minimum Gasteiger partial charge on any atom is -0.381 e. The number of halogens is 9. The monoisotopic (exact) mass is 432 g/mol. The van der Waals surface area contributed by atoms with Gasteiger partial charge >= 0.3 is 23.9 Å². The lowest BCUT2D eigenvalue weighted by molar-refractivity contribution is -0.396. The minimum absolute atomic E-state index is 0.0155. The Balaban J connectivity index is 2.20. The van der Waals surface area contributed by atoms with Crippen molar-refractivity contribution in [2.45, 2.75) is 87.8 Å². The Bertz CT molecular complexity index is 446. The van der Waals surface area contributed by atoms with Crippen LogP contribution in [0.25, 0.3) is 0 Å². The second-order valence-corrected chi connectivity index (χ2v) is 6.90. The van der Waals surface area contributed by atoms with E-state index >= 15 is 0 Å². The van der Waals surface area contributed by atoms with Crippen molar-refractivity contribution in [3.05, 3.63) is 0 Å². The Morgan fingerprint density at radius 1 is 0.750 bits per heavy atom. The Hall–Kier alpha value is -0.710. The smallest absolute Gasteiger partial charge is 0.381 e. The summed E-state index contributed by atoms with van der Waals surface area (Å²) in [4.78, 5) is 0. The van der Waals surface area contributed by atoms with E-state index in [0.29, 0.717) is 26.1 Å². The first-order valence-electron chi connectivity index (χ1n) is 9.22.